The number of aliphatic hydroxyl groups excluding tert-OH is 2. The van der Waals surface area contributed by atoms with Gasteiger partial charge in [-0.05, 0) is 117 Å². The summed E-state index contributed by atoms with van der Waals surface area (Å²) in [4.78, 5) is 88.9. The lowest BCUT2D eigenvalue weighted by atomic mass is 9.78. The predicted molar refractivity (Wildman–Crippen MR) is 418 cm³/mol. The number of nitrogens with two attached hydrogens (primary N) is 3. The molecule has 4 aromatic carbocycles. The van der Waals surface area contributed by atoms with Crippen molar-refractivity contribution in [1.29, 1.82) is 10.5 Å². The second kappa shape index (κ2) is 56.0. The molecule has 23 nitrogen and oxygen atoms in total. The third-order valence-electron chi connectivity index (χ3n) is 16.6. The van der Waals surface area contributed by atoms with E-state index in [2.05, 4.69) is 88.1 Å². The molecule has 0 spiro atoms. The van der Waals surface area contributed by atoms with Crippen molar-refractivity contribution in [3.8, 4) is 12.1 Å². The van der Waals surface area contributed by atoms with Gasteiger partial charge < -0.3 is 62.2 Å². The maximum absolute atomic E-state index is 12.3. The monoisotopic (exact) mass is 1520 g/mol. The zero-order chi connectivity index (χ0) is 80.3. The number of alkyl halides is 1. The van der Waals surface area contributed by atoms with Gasteiger partial charge in [0.05, 0.1) is 17.7 Å². The third kappa shape index (κ3) is 38.8. The maximum Gasteiger partial charge on any atom is 0.410 e. The van der Waals surface area contributed by atoms with E-state index in [-0.39, 0.29) is 77.8 Å². The van der Waals surface area contributed by atoms with E-state index in [0.717, 1.165) is 85.7 Å². The molecule has 3 saturated heterocycles. The number of piperidine rings is 3. The number of esters is 1. The highest BCUT2D eigenvalue weighted by Crippen LogP contribution is 2.31. The smallest absolute Gasteiger partial charge is 0.410 e. The first-order chi connectivity index (χ1) is 49.8. The minimum atomic E-state index is -0.387. The molecule has 6 atom stereocenters. The fourth-order valence-corrected chi connectivity index (χ4v) is 12.4. The number of hydrogen-bond acceptors (Lipinski definition) is 16. The van der Waals surface area contributed by atoms with Crippen LogP contribution >= 0.6 is 15.9 Å². The number of nitriles is 2. The summed E-state index contributed by atoms with van der Waals surface area (Å²) in [7, 11) is 9.23. The van der Waals surface area contributed by atoms with E-state index in [0.29, 0.717) is 54.5 Å². The van der Waals surface area contributed by atoms with Gasteiger partial charge in [-0.1, -0.05) is 179 Å². The van der Waals surface area contributed by atoms with Gasteiger partial charge in [-0.3, -0.25) is 33.8 Å². The number of benzene rings is 4. The first-order valence-electron chi connectivity index (χ1n) is 34.7. The van der Waals surface area contributed by atoms with Crippen LogP contribution < -0.4 is 32.4 Å². The largest absolute Gasteiger partial charge is 0.461 e. The van der Waals surface area contributed by atoms with E-state index in [1.165, 1.54) is 31.9 Å². The maximum atomic E-state index is 12.3. The number of halogens is 1. The van der Waals surface area contributed by atoms with Gasteiger partial charge in [-0.25, -0.2) is 9.36 Å². The number of nitrogens with one attached hydrogen (secondary N) is 2. The van der Waals surface area contributed by atoms with Crippen LogP contribution in [0, 0.1) is 104 Å². The quantitative estimate of drug-likeness (QED) is 0.0340. The highest BCUT2D eigenvalue weighted by molar-refractivity contribution is 9.08. The van der Waals surface area contributed by atoms with Gasteiger partial charge in [-0.2, -0.15) is 10.5 Å². The average Bonchev–Trinajstić information content (AvgIpc) is 0.839. The summed E-state index contributed by atoms with van der Waals surface area (Å²) in [6.45, 7) is 30.5. The fourth-order valence-electron chi connectivity index (χ4n) is 12.0. The lowest BCUT2D eigenvalue weighted by Crippen LogP contribution is -2.51. The van der Waals surface area contributed by atoms with Crippen LogP contribution in [0.2, 0.25) is 0 Å². The van der Waals surface area contributed by atoms with E-state index in [4.69, 9.17) is 47.4 Å². The van der Waals surface area contributed by atoms with Gasteiger partial charge in [0.2, 0.25) is 29.5 Å². The molecule has 24 heteroatoms. The molecule has 576 valence electrons. The number of rotatable bonds is 12. The van der Waals surface area contributed by atoms with Crippen LogP contribution in [-0.4, -0.2) is 153 Å². The molecule has 6 amide bonds. The number of nitrogens with zero attached hydrogens (tertiary/aromatic N) is 7. The Morgan fingerprint density at radius 2 is 0.829 bits per heavy atom. The van der Waals surface area contributed by atoms with E-state index in [9.17, 15) is 33.6 Å². The van der Waals surface area contributed by atoms with Crippen LogP contribution in [0.5, 0.6) is 0 Å². The van der Waals surface area contributed by atoms with Crippen molar-refractivity contribution in [3.05, 3.63) is 202 Å². The van der Waals surface area contributed by atoms with Gasteiger partial charge in [-0.15, -0.1) is 0 Å². The third-order valence-corrected chi connectivity index (χ3v) is 17.3. The Bertz CT molecular complexity index is 3460. The first-order valence-corrected chi connectivity index (χ1v) is 35.9. The SMILES string of the molecule is BrCc1ccccc1.CC#N.CC#N.CC(=O)OCc1ccccc1.CC1CN(C(=O)OCc2ccccc2)CC(C)C1C(=O)N(C)C.CC1CNCC(C)C1C(=O)N(C)C.CC1CNCC(C)C1C(N)=O.CO.CO.Cc1c[n+](Cc2ccccc2)cc(C)c1C(N)=O.Cc1cncc(C)c1C(N)=O. The van der Waals surface area contributed by atoms with E-state index in [1.54, 1.807) is 53.3 Å². The number of carbonyl (C=O) groups excluding carboxylic acids is 7. The van der Waals surface area contributed by atoms with Crippen molar-refractivity contribution < 1.29 is 57.8 Å². The lowest BCUT2D eigenvalue weighted by Gasteiger charge is -2.40. The fraction of sp³-hybridized carbons (Fsp3) is 0.469. The summed E-state index contributed by atoms with van der Waals surface area (Å²) in [5.41, 5.74) is 25.0. The van der Waals surface area contributed by atoms with Crippen LogP contribution in [0.3, 0.4) is 0 Å². The summed E-state index contributed by atoms with van der Waals surface area (Å²) in [6, 6.07) is 43.2. The van der Waals surface area contributed by atoms with E-state index in [1.807, 2.05) is 165 Å². The van der Waals surface area contributed by atoms with Crippen molar-refractivity contribution in [2.45, 2.75) is 115 Å². The van der Waals surface area contributed by atoms with Crippen molar-refractivity contribution >= 4 is 57.5 Å². The normalized spacial score (nSPS) is 18.3. The molecule has 6 unspecified atom stereocenters. The van der Waals surface area contributed by atoms with Crippen LogP contribution in [0.1, 0.15) is 128 Å². The standard InChI is InChI=1S/C18H26N2O3.C15H16N2O.C10H20N2O.C9H10O2.C8H16N2O.C8H10N2O.C7H7Br.2C2H3N.2CH4O/c1-13-10-20(11-14(2)16(13)17(21)19(3)4)18(22)23-12-15-8-6-5-7-9-15;1-11-8-17(9-12(2)14(11)15(16)18)10-13-6-4-3-5-7-13;1-7-5-11-6-8(2)9(7)10(13)12(3)4;1-8(10)11-7-9-5-3-2-4-6-9;2*1-5-3-10-4-6(2)7(5)8(9)11;8-6-7-4-2-1-3-5-7;2*1-2-3;2*1-2/h5-9,13-14,16H,10-12H2,1-4H3;3-9H,10H2,1-2H3,(H-,16,18);7-9,11H,5-6H2,1-4H3;2-6H,7H2,1H3;5-7,10H,3-4H2,1-2H3,(H2,9,11);3-4H,1-2H3,(H2,9,11);1-5H,6H2;2*1H3;2*2H,1H3/p+1. The molecule has 9 rings (SSSR count). The second-order valence-corrected chi connectivity index (χ2v) is 26.5. The number of amides is 6. The Labute approximate surface area is 634 Å². The van der Waals surface area contributed by atoms with Crippen molar-refractivity contribution in [3.63, 3.8) is 0 Å². The molecule has 0 bridgehead atoms. The van der Waals surface area contributed by atoms with E-state index >= 15 is 0 Å². The number of likely N-dealkylation sites (tertiary alicyclic amines) is 1. The van der Waals surface area contributed by atoms with Crippen LogP contribution in [-0.2, 0) is 53.7 Å². The zero-order valence-corrected chi connectivity index (χ0v) is 67.0. The number of carbonyl (C=O) groups is 7. The molecule has 2 aromatic heterocycles. The molecular weight excluding hydrogens is 1400 g/mol. The van der Waals surface area contributed by atoms with Crippen LogP contribution in [0.25, 0.3) is 0 Å². The first kappa shape index (κ1) is 97.6. The molecule has 0 radical (unpaired) electrons. The van der Waals surface area contributed by atoms with Gasteiger partial charge in [0, 0.05) is 134 Å². The molecule has 3 aliphatic heterocycles. The highest BCUT2D eigenvalue weighted by atomic mass is 79.9. The minimum absolute atomic E-state index is 0.0387. The summed E-state index contributed by atoms with van der Waals surface area (Å²) in [6.07, 6.45) is 6.88. The molecular formula is C81H120BrN12O11+. The lowest BCUT2D eigenvalue weighted by molar-refractivity contribution is -0.689. The number of pyridine rings is 2. The summed E-state index contributed by atoms with van der Waals surface area (Å²) in [5, 5.41) is 36.2. The molecule has 6 aromatic rings. The molecule has 5 heterocycles. The molecule has 3 fully saturated rings. The zero-order valence-electron chi connectivity index (χ0n) is 65.4. The van der Waals surface area contributed by atoms with Crippen molar-refractivity contribution in [1.82, 2.24) is 30.3 Å². The topological polar surface area (TPSA) is 355 Å². The highest BCUT2D eigenvalue weighted by Gasteiger charge is 2.40. The van der Waals surface area contributed by atoms with Gasteiger partial charge in [0.15, 0.2) is 18.9 Å². The number of primary amides is 3. The second-order valence-electron chi connectivity index (χ2n) is 25.9. The van der Waals surface area contributed by atoms with Gasteiger partial charge in [0.1, 0.15) is 13.2 Å². The van der Waals surface area contributed by atoms with Crippen molar-refractivity contribution in [2.24, 2.45) is 70.5 Å². The van der Waals surface area contributed by atoms with Gasteiger partial charge in [0.25, 0.3) is 0 Å². The number of aromatic nitrogens is 2. The number of aliphatic hydroxyl groups is 2. The Morgan fingerprint density at radius 1 is 0.524 bits per heavy atom. The average molecular weight is 1520 g/mol. The summed E-state index contributed by atoms with van der Waals surface area (Å²) in [5.74, 6) is 1.44. The predicted octanol–water partition coefficient (Wildman–Crippen LogP) is 10.3. The number of aryl methyl sites for hydroxylation is 4. The number of hydrogen-bond donors (Lipinski definition) is 7. The summed E-state index contributed by atoms with van der Waals surface area (Å²) >= 11 is 3.36. The molecule has 0 aliphatic carbocycles. The number of ether oxygens (including phenoxy) is 2. The Hall–Kier alpha value is -9.43. The van der Waals surface area contributed by atoms with Crippen molar-refractivity contribution in [2.75, 3.05) is 81.7 Å². The molecule has 10 N–H and O–H groups in total. The van der Waals surface area contributed by atoms with Crippen LogP contribution in [0.15, 0.2) is 146 Å². The van der Waals surface area contributed by atoms with Crippen LogP contribution in [0.4, 0.5) is 4.79 Å². The Kier molecular flexibility index (Phi) is 52.1. The van der Waals surface area contributed by atoms with E-state index < -0.39 is 0 Å². The molecule has 3 aliphatic rings. The van der Waals surface area contributed by atoms with Gasteiger partial charge >= 0.3 is 12.1 Å². The molecule has 0 saturated carbocycles. The minimum Gasteiger partial charge on any atom is -0.461 e. The molecule has 105 heavy (non-hydrogen) atoms. The Morgan fingerprint density at radius 3 is 1.11 bits per heavy atom. The summed E-state index contributed by atoms with van der Waals surface area (Å²) < 4.78 is 12.3. The Balaban J connectivity index is 0.